The number of rotatable bonds is 4. The van der Waals surface area contributed by atoms with E-state index in [0.717, 1.165) is 48.2 Å². The number of aromatic nitrogens is 3. The monoisotopic (exact) mass is 359 g/mol. The van der Waals surface area contributed by atoms with Crippen LogP contribution in [0.1, 0.15) is 25.7 Å². The Kier molecular flexibility index (Phi) is 4.09. The van der Waals surface area contributed by atoms with Crippen LogP contribution in [0.3, 0.4) is 0 Å². The summed E-state index contributed by atoms with van der Waals surface area (Å²) in [5, 5.41) is 3.51. The molecule has 0 radical (unpaired) electrons. The van der Waals surface area contributed by atoms with Crippen molar-refractivity contribution < 1.29 is 8.42 Å². The summed E-state index contributed by atoms with van der Waals surface area (Å²) in [6.45, 7) is 0. The molecule has 3 aromatic rings. The molecule has 2 aromatic heterocycles. The van der Waals surface area contributed by atoms with Crippen molar-refractivity contribution in [2.45, 2.75) is 37.8 Å². The Bertz CT molecular complexity index is 1010. The van der Waals surface area contributed by atoms with Crippen molar-refractivity contribution in [2.75, 3.05) is 11.6 Å². The molecule has 1 aromatic carbocycles. The number of para-hydroxylation sites is 2. The molecule has 1 aliphatic rings. The van der Waals surface area contributed by atoms with E-state index < -0.39 is 10.0 Å². The molecule has 1 aliphatic carbocycles. The Labute approximate surface area is 146 Å². The van der Waals surface area contributed by atoms with Gasteiger partial charge in [-0.3, -0.25) is 4.40 Å². The van der Waals surface area contributed by atoms with E-state index in [-0.39, 0.29) is 12.1 Å². The summed E-state index contributed by atoms with van der Waals surface area (Å²) >= 11 is 0. The third-order valence-electron chi connectivity index (χ3n) is 4.67. The average Bonchev–Trinajstić information content (AvgIpc) is 3.06. The maximum Gasteiger partial charge on any atom is 0.208 e. The van der Waals surface area contributed by atoms with Gasteiger partial charge in [0, 0.05) is 24.5 Å². The first-order valence-corrected chi connectivity index (χ1v) is 10.3. The second kappa shape index (κ2) is 6.27. The highest BCUT2D eigenvalue weighted by molar-refractivity contribution is 7.88. The lowest BCUT2D eigenvalue weighted by molar-refractivity contribution is 0.388. The normalized spacial score (nSPS) is 21.6. The number of hydrogen-bond acceptors (Lipinski definition) is 5. The first kappa shape index (κ1) is 16.3. The largest absolute Gasteiger partial charge is 0.364 e. The number of fused-ring (bicyclic) bond motifs is 3. The molecule has 0 spiro atoms. The van der Waals surface area contributed by atoms with Gasteiger partial charge in [-0.05, 0) is 37.8 Å². The Morgan fingerprint density at radius 1 is 1.12 bits per heavy atom. The van der Waals surface area contributed by atoms with Crippen LogP contribution in [0.2, 0.25) is 0 Å². The Morgan fingerprint density at radius 2 is 1.84 bits per heavy atom. The van der Waals surface area contributed by atoms with Gasteiger partial charge in [0.15, 0.2) is 11.5 Å². The first-order chi connectivity index (χ1) is 12.0. The van der Waals surface area contributed by atoms with E-state index >= 15 is 0 Å². The van der Waals surface area contributed by atoms with Crippen molar-refractivity contribution in [1.82, 2.24) is 19.1 Å². The number of sulfonamides is 1. The lowest BCUT2D eigenvalue weighted by Gasteiger charge is -2.29. The van der Waals surface area contributed by atoms with Gasteiger partial charge < -0.3 is 5.32 Å². The second-order valence-electron chi connectivity index (χ2n) is 6.65. The summed E-state index contributed by atoms with van der Waals surface area (Å²) in [6, 6.07) is 8.29. The van der Waals surface area contributed by atoms with Gasteiger partial charge >= 0.3 is 0 Å². The predicted molar refractivity (Wildman–Crippen MR) is 98.1 cm³/mol. The summed E-state index contributed by atoms with van der Waals surface area (Å²) in [4.78, 5) is 9.19. The summed E-state index contributed by atoms with van der Waals surface area (Å²) < 4.78 is 27.5. The summed E-state index contributed by atoms with van der Waals surface area (Å²) in [7, 11) is -3.14. The van der Waals surface area contributed by atoms with Crippen LogP contribution in [0.15, 0.2) is 36.7 Å². The molecule has 0 bridgehead atoms. The number of nitrogens with one attached hydrogen (secondary N) is 2. The molecule has 0 atom stereocenters. The van der Waals surface area contributed by atoms with Crippen LogP contribution in [0.5, 0.6) is 0 Å². The highest BCUT2D eigenvalue weighted by Gasteiger charge is 2.24. The molecule has 0 saturated heterocycles. The summed E-state index contributed by atoms with van der Waals surface area (Å²) in [6.07, 6.45) is 8.37. The fraction of sp³-hybridized carbons (Fsp3) is 0.412. The summed E-state index contributed by atoms with van der Waals surface area (Å²) in [5.74, 6) is 0.781. The van der Waals surface area contributed by atoms with E-state index in [4.69, 9.17) is 4.98 Å². The van der Waals surface area contributed by atoms with E-state index in [1.165, 1.54) is 6.26 Å². The topological polar surface area (TPSA) is 88.4 Å². The van der Waals surface area contributed by atoms with Crippen LogP contribution in [-0.4, -0.2) is 41.1 Å². The van der Waals surface area contributed by atoms with Crippen LogP contribution in [-0.2, 0) is 10.0 Å². The third kappa shape index (κ3) is 3.45. The number of benzene rings is 1. The zero-order valence-electron chi connectivity index (χ0n) is 14.0. The highest BCUT2D eigenvalue weighted by atomic mass is 32.2. The lowest BCUT2D eigenvalue weighted by atomic mass is 9.92. The zero-order valence-corrected chi connectivity index (χ0v) is 14.8. The van der Waals surface area contributed by atoms with Gasteiger partial charge in [-0.15, -0.1) is 0 Å². The molecule has 2 heterocycles. The molecule has 1 saturated carbocycles. The fourth-order valence-electron chi connectivity index (χ4n) is 3.55. The quantitative estimate of drug-likeness (QED) is 0.745. The van der Waals surface area contributed by atoms with Gasteiger partial charge in [-0.1, -0.05) is 12.1 Å². The van der Waals surface area contributed by atoms with E-state index in [1.54, 1.807) is 6.20 Å². The third-order valence-corrected chi connectivity index (χ3v) is 5.44. The van der Waals surface area contributed by atoms with Gasteiger partial charge in [-0.25, -0.2) is 23.1 Å². The molecule has 2 N–H and O–H groups in total. The minimum atomic E-state index is -3.14. The Hall–Kier alpha value is -2.19. The highest BCUT2D eigenvalue weighted by Crippen LogP contribution is 2.25. The molecule has 25 heavy (non-hydrogen) atoms. The maximum absolute atomic E-state index is 11.4. The van der Waals surface area contributed by atoms with Gasteiger partial charge in [0.1, 0.15) is 0 Å². The Balaban J connectivity index is 1.54. The van der Waals surface area contributed by atoms with Gasteiger partial charge in [0.2, 0.25) is 10.0 Å². The minimum absolute atomic E-state index is 0.0315. The number of imidazole rings is 1. The molecule has 4 rings (SSSR count). The van der Waals surface area contributed by atoms with Crippen molar-refractivity contribution >= 4 is 32.5 Å². The van der Waals surface area contributed by atoms with Crippen molar-refractivity contribution in [2.24, 2.45) is 0 Å². The SMILES string of the molecule is CS(=O)(=O)NC1CCC(Nc2nc3ccccc3n3ccnc23)CC1. The molecule has 0 unspecified atom stereocenters. The average molecular weight is 359 g/mol. The second-order valence-corrected chi connectivity index (χ2v) is 8.43. The summed E-state index contributed by atoms with van der Waals surface area (Å²) in [5.41, 5.74) is 2.76. The Morgan fingerprint density at radius 3 is 2.60 bits per heavy atom. The van der Waals surface area contributed by atoms with E-state index in [1.807, 2.05) is 34.9 Å². The smallest absolute Gasteiger partial charge is 0.208 e. The molecule has 0 aliphatic heterocycles. The van der Waals surface area contributed by atoms with E-state index in [2.05, 4.69) is 15.0 Å². The molecule has 132 valence electrons. The van der Waals surface area contributed by atoms with Crippen LogP contribution < -0.4 is 10.0 Å². The van der Waals surface area contributed by atoms with Gasteiger partial charge in [0.05, 0.1) is 17.3 Å². The minimum Gasteiger partial charge on any atom is -0.364 e. The molecule has 7 nitrogen and oxygen atoms in total. The van der Waals surface area contributed by atoms with Gasteiger partial charge in [0.25, 0.3) is 0 Å². The first-order valence-electron chi connectivity index (χ1n) is 8.45. The fourth-order valence-corrected chi connectivity index (χ4v) is 4.40. The van der Waals surface area contributed by atoms with Gasteiger partial charge in [-0.2, -0.15) is 0 Å². The predicted octanol–water partition coefficient (Wildman–Crippen LogP) is 2.15. The molecule has 0 amide bonds. The number of nitrogens with zero attached hydrogens (tertiary/aromatic N) is 3. The molecular formula is C17H21N5O2S. The van der Waals surface area contributed by atoms with Crippen LogP contribution in [0.25, 0.3) is 16.7 Å². The van der Waals surface area contributed by atoms with Crippen molar-refractivity contribution in [3.05, 3.63) is 36.7 Å². The number of hydrogen-bond donors (Lipinski definition) is 2. The lowest BCUT2D eigenvalue weighted by Crippen LogP contribution is -2.39. The molecule has 1 fully saturated rings. The maximum atomic E-state index is 11.4. The molecule has 8 heteroatoms. The standard InChI is InChI=1S/C17H21N5O2S/c1-25(23,24)21-13-8-6-12(7-9-13)19-16-17-18-10-11-22(17)15-5-3-2-4-14(15)20-16/h2-5,10-13,21H,6-9H2,1H3,(H,19,20). The van der Waals surface area contributed by atoms with Crippen LogP contribution >= 0.6 is 0 Å². The van der Waals surface area contributed by atoms with E-state index in [9.17, 15) is 8.42 Å². The molecular weight excluding hydrogens is 338 g/mol. The number of anilines is 1. The van der Waals surface area contributed by atoms with Crippen molar-refractivity contribution in [1.29, 1.82) is 0 Å². The van der Waals surface area contributed by atoms with Crippen molar-refractivity contribution in [3.63, 3.8) is 0 Å². The van der Waals surface area contributed by atoms with E-state index in [0.29, 0.717) is 0 Å². The van der Waals surface area contributed by atoms with Crippen LogP contribution in [0, 0.1) is 0 Å². The van der Waals surface area contributed by atoms with Crippen molar-refractivity contribution in [3.8, 4) is 0 Å². The zero-order chi connectivity index (χ0) is 17.4. The van der Waals surface area contributed by atoms with Crippen LogP contribution in [0.4, 0.5) is 5.82 Å².